The molecule has 0 radical (unpaired) electrons. The van der Waals surface area contributed by atoms with Crippen LogP contribution in [0, 0.1) is 0 Å². The average Bonchev–Trinajstić information content (AvgIpc) is 2.57. The molecule has 4 rings (SSSR count). The molecule has 0 aliphatic heterocycles. The first-order valence-corrected chi connectivity index (χ1v) is 7.98. The average molecular weight is 320 g/mol. The third-order valence-electron chi connectivity index (χ3n) is 3.53. The third kappa shape index (κ3) is 3.29. The van der Waals surface area contributed by atoms with E-state index < -0.39 is 0 Å². The van der Waals surface area contributed by atoms with Crippen molar-refractivity contribution >= 4 is 46.8 Å². The summed E-state index contributed by atoms with van der Waals surface area (Å²) in [5.41, 5.74) is 0. The minimum Gasteiger partial charge on any atom is -0.143 e. The van der Waals surface area contributed by atoms with Crippen molar-refractivity contribution < 1.29 is 0 Å². The molecule has 0 unspecified atom stereocenters. The highest BCUT2D eigenvalue weighted by Crippen LogP contribution is 2.21. The van der Waals surface area contributed by atoms with E-state index in [4.69, 9.17) is 0 Å². The molecule has 0 fully saturated rings. The lowest BCUT2D eigenvalue weighted by Gasteiger charge is -1.98. The molecule has 108 valence electrons. The molecule has 0 nitrogen and oxygen atoms in total. The Morgan fingerprint density at radius 2 is 0.773 bits per heavy atom. The maximum Gasteiger partial charge on any atom is 0.0119 e. The zero-order valence-corrected chi connectivity index (χ0v) is 13.8. The summed E-state index contributed by atoms with van der Waals surface area (Å²) in [5, 5.41) is 4.94. The number of hydrogen-bond donors (Lipinski definition) is 2. The Morgan fingerprint density at radius 1 is 0.409 bits per heavy atom. The Hall–Kier alpha value is -1.90. The van der Waals surface area contributed by atoms with E-state index in [-0.39, 0.29) is 0 Å². The molecule has 0 aromatic heterocycles. The van der Waals surface area contributed by atoms with Gasteiger partial charge in [-0.25, -0.2) is 0 Å². The molecular formula is C20H16S2. The highest BCUT2D eigenvalue weighted by molar-refractivity contribution is 7.80. The molecular weight excluding hydrogens is 304 g/mol. The van der Waals surface area contributed by atoms with Crippen molar-refractivity contribution in [3.8, 4) is 0 Å². The van der Waals surface area contributed by atoms with E-state index in [2.05, 4.69) is 61.7 Å². The summed E-state index contributed by atoms with van der Waals surface area (Å²) in [5.74, 6) is 0. The lowest BCUT2D eigenvalue weighted by atomic mass is 10.1. The van der Waals surface area contributed by atoms with Gasteiger partial charge >= 0.3 is 0 Å². The van der Waals surface area contributed by atoms with Gasteiger partial charge in [0, 0.05) is 9.79 Å². The van der Waals surface area contributed by atoms with Gasteiger partial charge in [0.05, 0.1) is 0 Å². The first-order chi connectivity index (χ1) is 10.8. The van der Waals surface area contributed by atoms with Gasteiger partial charge in [0.1, 0.15) is 0 Å². The van der Waals surface area contributed by atoms with Crippen molar-refractivity contribution in [1.29, 1.82) is 0 Å². The summed E-state index contributed by atoms with van der Waals surface area (Å²) >= 11 is 8.70. The van der Waals surface area contributed by atoms with Crippen LogP contribution < -0.4 is 0 Å². The quantitative estimate of drug-likeness (QED) is 0.351. The number of hydrogen-bond acceptors (Lipinski definition) is 2. The van der Waals surface area contributed by atoms with E-state index in [0.29, 0.717) is 0 Å². The maximum atomic E-state index is 4.35. The van der Waals surface area contributed by atoms with Crippen molar-refractivity contribution in [2.24, 2.45) is 0 Å². The first kappa shape index (κ1) is 15.0. The van der Waals surface area contributed by atoms with Gasteiger partial charge in [-0.2, -0.15) is 0 Å². The molecule has 0 saturated heterocycles. The zero-order valence-electron chi connectivity index (χ0n) is 12.0. The van der Waals surface area contributed by atoms with Crippen LogP contribution >= 0.6 is 25.3 Å². The molecule has 4 aromatic rings. The van der Waals surface area contributed by atoms with Crippen LogP contribution in [0.4, 0.5) is 0 Å². The lowest BCUT2D eigenvalue weighted by molar-refractivity contribution is 1.56. The molecule has 0 spiro atoms. The Balaban J connectivity index is 0.000000131. The van der Waals surface area contributed by atoms with Crippen LogP contribution in [-0.4, -0.2) is 0 Å². The van der Waals surface area contributed by atoms with Crippen molar-refractivity contribution in [3.63, 3.8) is 0 Å². The van der Waals surface area contributed by atoms with Gasteiger partial charge in [0.15, 0.2) is 0 Å². The second kappa shape index (κ2) is 6.91. The predicted molar refractivity (Wildman–Crippen MR) is 102 cm³/mol. The van der Waals surface area contributed by atoms with E-state index in [1.807, 2.05) is 48.5 Å². The minimum atomic E-state index is 1.04. The van der Waals surface area contributed by atoms with E-state index in [1.165, 1.54) is 21.5 Å². The fourth-order valence-corrected chi connectivity index (χ4v) is 3.00. The van der Waals surface area contributed by atoms with E-state index in [1.54, 1.807) is 0 Å². The lowest BCUT2D eigenvalue weighted by Crippen LogP contribution is -1.71. The molecule has 0 amide bonds. The fraction of sp³-hybridized carbons (Fsp3) is 0. The standard InChI is InChI=1S/2C10H8S/c2*11-10-7-3-5-8-4-1-2-6-9(8)10/h2*1-7,11H. The summed E-state index contributed by atoms with van der Waals surface area (Å²) in [6, 6.07) is 28.7. The number of thiol groups is 2. The molecule has 0 N–H and O–H groups in total. The highest BCUT2D eigenvalue weighted by Gasteiger charge is 1.93. The largest absolute Gasteiger partial charge is 0.143 e. The van der Waals surface area contributed by atoms with Gasteiger partial charge in [0.25, 0.3) is 0 Å². The van der Waals surface area contributed by atoms with Gasteiger partial charge in [0.2, 0.25) is 0 Å². The van der Waals surface area contributed by atoms with Crippen LogP contribution in [0.5, 0.6) is 0 Å². The number of fused-ring (bicyclic) bond motifs is 2. The zero-order chi connectivity index (χ0) is 15.4. The SMILES string of the molecule is Sc1cccc2ccccc12.Sc1cccc2ccccc12. The van der Waals surface area contributed by atoms with Crippen LogP contribution in [0.2, 0.25) is 0 Å². The fourth-order valence-electron chi connectivity index (χ4n) is 2.42. The monoisotopic (exact) mass is 320 g/mol. The van der Waals surface area contributed by atoms with Crippen molar-refractivity contribution in [1.82, 2.24) is 0 Å². The van der Waals surface area contributed by atoms with Gasteiger partial charge in [-0.15, -0.1) is 25.3 Å². The number of rotatable bonds is 0. The summed E-state index contributed by atoms with van der Waals surface area (Å²) in [4.78, 5) is 2.09. The van der Waals surface area contributed by atoms with Gasteiger partial charge in [-0.05, 0) is 33.7 Å². The molecule has 2 heteroatoms. The van der Waals surface area contributed by atoms with Crippen molar-refractivity contribution in [2.45, 2.75) is 9.79 Å². The summed E-state index contributed by atoms with van der Waals surface area (Å²) in [6.45, 7) is 0. The topological polar surface area (TPSA) is 0 Å². The van der Waals surface area contributed by atoms with Gasteiger partial charge < -0.3 is 0 Å². The Kier molecular flexibility index (Phi) is 4.71. The third-order valence-corrected chi connectivity index (χ3v) is 4.31. The van der Waals surface area contributed by atoms with Crippen LogP contribution in [0.3, 0.4) is 0 Å². The second-order valence-electron chi connectivity index (χ2n) is 5.00. The van der Waals surface area contributed by atoms with Crippen LogP contribution in [0.1, 0.15) is 0 Å². The van der Waals surface area contributed by atoms with Crippen LogP contribution in [0.25, 0.3) is 21.5 Å². The molecule has 0 saturated carbocycles. The molecule has 4 aromatic carbocycles. The second-order valence-corrected chi connectivity index (χ2v) is 5.96. The van der Waals surface area contributed by atoms with Gasteiger partial charge in [-0.3, -0.25) is 0 Å². The molecule has 0 atom stereocenters. The predicted octanol–water partition coefficient (Wildman–Crippen LogP) is 6.26. The van der Waals surface area contributed by atoms with E-state index in [9.17, 15) is 0 Å². The van der Waals surface area contributed by atoms with E-state index >= 15 is 0 Å². The molecule has 0 aliphatic carbocycles. The molecule has 0 heterocycles. The molecule has 0 aliphatic rings. The Labute approximate surface area is 141 Å². The summed E-state index contributed by atoms with van der Waals surface area (Å²) in [7, 11) is 0. The van der Waals surface area contributed by atoms with E-state index in [0.717, 1.165) is 9.79 Å². The Bertz CT molecular complexity index is 825. The minimum absolute atomic E-state index is 1.04. The summed E-state index contributed by atoms with van der Waals surface area (Å²) < 4.78 is 0. The summed E-state index contributed by atoms with van der Waals surface area (Å²) in [6.07, 6.45) is 0. The smallest absolute Gasteiger partial charge is 0.0119 e. The normalized spacial score (nSPS) is 10.3. The van der Waals surface area contributed by atoms with Crippen molar-refractivity contribution in [2.75, 3.05) is 0 Å². The number of benzene rings is 4. The van der Waals surface area contributed by atoms with Crippen LogP contribution in [0.15, 0.2) is 94.7 Å². The highest BCUT2D eigenvalue weighted by atomic mass is 32.1. The van der Waals surface area contributed by atoms with Crippen molar-refractivity contribution in [3.05, 3.63) is 84.9 Å². The maximum absolute atomic E-state index is 4.35. The van der Waals surface area contributed by atoms with Gasteiger partial charge in [-0.1, -0.05) is 72.8 Å². The van der Waals surface area contributed by atoms with Crippen LogP contribution in [-0.2, 0) is 0 Å². The molecule has 0 bridgehead atoms. The molecule has 22 heavy (non-hydrogen) atoms. The Morgan fingerprint density at radius 3 is 1.18 bits per heavy atom. The first-order valence-electron chi connectivity index (χ1n) is 7.09.